The second kappa shape index (κ2) is 12.0. The number of terminal acetylenes is 1. The molecule has 0 radical (unpaired) electrons. The smallest absolute Gasteiger partial charge is 0.188 e. The van der Waals surface area contributed by atoms with Crippen LogP contribution in [0.2, 0.25) is 0 Å². The highest BCUT2D eigenvalue weighted by molar-refractivity contribution is 14.0. The summed E-state index contributed by atoms with van der Waals surface area (Å²) in [5.74, 6) is 3.78. The zero-order valence-electron chi connectivity index (χ0n) is 14.9. The summed E-state index contributed by atoms with van der Waals surface area (Å²) in [7, 11) is 0. The maximum absolute atomic E-state index is 5.96. The first-order valence-electron chi connectivity index (χ1n) is 8.66. The third kappa shape index (κ3) is 7.53. The maximum Gasteiger partial charge on any atom is 0.188 e. The zero-order chi connectivity index (χ0) is 17.2. The largest absolute Gasteiger partial charge is 0.481 e. The van der Waals surface area contributed by atoms with E-state index in [4.69, 9.17) is 16.9 Å². The number of ether oxygens (including phenoxy) is 1. The second-order valence-electron chi connectivity index (χ2n) is 5.96. The van der Waals surface area contributed by atoms with Crippen molar-refractivity contribution >= 4 is 29.9 Å². The summed E-state index contributed by atoms with van der Waals surface area (Å²) in [6.45, 7) is 6.33. The number of guanidine groups is 1. The molecular formula is C19H29IN4O. The van der Waals surface area contributed by atoms with E-state index >= 15 is 0 Å². The number of likely N-dealkylation sites (tertiary alicyclic amines) is 1. The minimum Gasteiger partial charge on any atom is -0.481 e. The van der Waals surface area contributed by atoms with Crippen molar-refractivity contribution in [2.45, 2.75) is 32.2 Å². The fourth-order valence-corrected chi connectivity index (χ4v) is 2.99. The number of nitrogens with one attached hydrogen (secondary N) is 1. The van der Waals surface area contributed by atoms with E-state index in [9.17, 15) is 0 Å². The first-order chi connectivity index (χ1) is 11.7. The highest BCUT2D eigenvalue weighted by atomic mass is 127. The van der Waals surface area contributed by atoms with Crippen LogP contribution < -0.4 is 15.8 Å². The molecule has 1 unspecified atom stereocenters. The number of halogens is 1. The second-order valence-corrected chi connectivity index (χ2v) is 5.96. The Morgan fingerprint density at radius 3 is 2.88 bits per heavy atom. The molecule has 0 saturated carbocycles. The Bertz CT molecular complexity index is 568. The average molecular weight is 456 g/mol. The van der Waals surface area contributed by atoms with E-state index in [1.54, 1.807) is 0 Å². The molecule has 1 atom stereocenters. The highest BCUT2D eigenvalue weighted by Gasteiger charge is 2.22. The minimum atomic E-state index is 0. The summed E-state index contributed by atoms with van der Waals surface area (Å²) in [6, 6.07) is 8.50. The maximum atomic E-state index is 5.96. The molecule has 0 amide bonds. The van der Waals surface area contributed by atoms with E-state index in [1.807, 2.05) is 24.3 Å². The van der Waals surface area contributed by atoms with E-state index in [0.29, 0.717) is 18.6 Å². The molecule has 0 aromatic heterocycles. The van der Waals surface area contributed by atoms with Crippen LogP contribution in [0, 0.1) is 12.3 Å². The Balaban J connectivity index is 0.00000312. The van der Waals surface area contributed by atoms with Crippen molar-refractivity contribution in [1.82, 2.24) is 10.2 Å². The van der Waals surface area contributed by atoms with Crippen LogP contribution in [0.15, 0.2) is 29.3 Å². The van der Waals surface area contributed by atoms with E-state index < -0.39 is 0 Å². The van der Waals surface area contributed by atoms with Gasteiger partial charge in [0.05, 0.1) is 6.54 Å². The number of likely N-dealkylation sites (N-methyl/N-ethyl adjacent to an activating group) is 1. The summed E-state index contributed by atoms with van der Waals surface area (Å²) in [5, 5.41) is 3.19. The summed E-state index contributed by atoms with van der Waals surface area (Å²) in [5.41, 5.74) is 7.18. The molecule has 1 aromatic rings. The lowest BCUT2D eigenvalue weighted by atomic mass is 10.1. The first-order valence-corrected chi connectivity index (χ1v) is 8.66. The van der Waals surface area contributed by atoms with Gasteiger partial charge in [-0.15, -0.1) is 30.4 Å². The van der Waals surface area contributed by atoms with Gasteiger partial charge >= 0.3 is 0 Å². The van der Waals surface area contributed by atoms with Gasteiger partial charge in [0, 0.05) is 12.6 Å². The van der Waals surface area contributed by atoms with Crippen molar-refractivity contribution in [3.8, 4) is 18.1 Å². The molecule has 5 nitrogen and oxygen atoms in total. The van der Waals surface area contributed by atoms with Crippen molar-refractivity contribution < 1.29 is 4.74 Å². The van der Waals surface area contributed by atoms with Crippen LogP contribution in [0.1, 0.15) is 25.3 Å². The van der Waals surface area contributed by atoms with Gasteiger partial charge in [-0.05, 0) is 50.0 Å². The molecule has 138 valence electrons. The highest BCUT2D eigenvalue weighted by Crippen LogP contribution is 2.16. The molecule has 0 spiro atoms. The summed E-state index contributed by atoms with van der Waals surface area (Å²) in [4.78, 5) is 6.96. The molecule has 0 bridgehead atoms. The van der Waals surface area contributed by atoms with E-state index in [2.05, 4.69) is 28.1 Å². The summed E-state index contributed by atoms with van der Waals surface area (Å²) < 4.78 is 5.36. The van der Waals surface area contributed by atoms with Gasteiger partial charge < -0.3 is 15.8 Å². The molecule has 2 rings (SSSR count). The lowest BCUT2D eigenvalue weighted by Crippen LogP contribution is -2.36. The number of benzene rings is 1. The standard InChI is InChI=1S/C19H28N4O.HI/c1-3-14-24-18-9-7-16(8-10-18)11-12-21-19(20)22-15-17-6-5-13-23(17)4-2;/h1,7-10,17H,4-6,11-15H2,2H3,(H3,20,21,22);1H. The number of rotatable bonds is 8. The van der Waals surface area contributed by atoms with Crippen LogP contribution in [0.5, 0.6) is 5.75 Å². The van der Waals surface area contributed by atoms with Crippen LogP contribution in [0.25, 0.3) is 0 Å². The molecule has 6 heteroatoms. The SMILES string of the molecule is C#CCOc1ccc(CCNC(N)=NCC2CCCN2CC)cc1.I. The number of hydrogen-bond acceptors (Lipinski definition) is 3. The van der Waals surface area contributed by atoms with Crippen LogP contribution >= 0.6 is 24.0 Å². The molecule has 25 heavy (non-hydrogen) atoms. The third-order valence-corrected chi connectivity index (χ3v) is 4.34. The fraction of sp³-hybridized carbons (Fsp3) is 0.526. The first kappa shape index (κ1) is 21.6. The van der Waals surface area contributed by atoms with Crippen molar-refractivity contribution in [1.29, 1.82) is 0 Å². The molecule has 1 aliphatic heterocycles. The molecule has 1 heterocycles. The Labute approximate surface area is 168 Å². The fourth-order valence-electron chi connectivity index (χ4n) is 2.99. The average Bonchev–Trinajstić information content (AvgIpc) is 3.07. The van der Waals surface area contributed by atoms with Crippen molar-refractivity contribution in [2.24, 2.45) is 10.7 Å². The lowest BCUT2D eigenvalue weighted by molar-refractivity contribution is 0.273. The quantitative estimate of drug-likeness (QED) is 0.273. The topological polar surface area (TPSA) is 62.9 Å². The predicted octanol–water partition coefficient (Wildman–Crippen LogP) is 2.25. The van der Waals surface area contributed by atoms with Gasteiger partial charge in [-0.25, -0.2) is 0 Å². The summed E-state index contributed by atoms with van der Waals surface area (Å²) >= 11 is 0. The molecule has 1 fully saturated rings. The Hall–Kier alpha value is -1.46. The Kier molecular flexibility index (Phi) is 10.3. The van der Waals surface area contributed by atoms with Gasteiger partial charge in [0.25, 0.3) is 0 Å². The van der Waals surface area contributed by atoms with Crippen molar-refractivity contribution in [2.75, 3.05) is 32.8 Å². The molecule has 1 aromatic carbocycles. The minimum absolute atomic E-state index is 0. The molecule has 0 aliphatic carbocycles. The van der Waals surface area contributed by atoms with Gasteiger partial charge in [-0.2, -0.15) is 0 Å². The van der Waals surface area contributed by atoms with Crippen LogP contribution in [0.4, 0.5) is 0 Å². The van der Waals surface area contributed by atoms with Crippen LogP contribution in [-0.4, -0.2) is 49.7 Å². The number of nitrogens with zero attached hydrogens (tertiary/aromatic N) is 2. The molecule has 1 aliphatic rings. The monoisotopic (exact) mass is 456 g/mol. The van der Waals surface area contributed by atoms with E-state index in [1.165, 1.54) is 24.9 Å². The van der Waals surface area contributed by atoms with Crippen molar-refractivity contribution in [3.05, 3.63) is 29.8 Å². The van der Waals surface area contributed by atoms with E-state index in [0.717, 1.165) is 31.8 Å². The van der Waals surface area contributed by atoms with Gasteiger partial charge in [0.1, 0.15) is 12.4 Å². The Morgan fingerprint density at radius 1 is 1.44 bits per heavy atom. The number of aliphatic imine (C=N–C) groups is 1. The van der Waals surface area contributed by atoms with Crippen LogP contribution in [-0.2, 0) is 6.42 Å². The normalized spacial score (nSPS) is 17.6. The summed E-state index contributed by atoms with van der Waals surface area (Å²) in [6.07, 6.45) is 8.54. The molecular weight excluding hydrogens is 427 g/mol. The van der Waals surface area contributed by atoms with E-state index in [-0.39, 0.29) is 24.0 Å². The van der Waals surface area contributed by atoms with Gasteiger partial charge in [0.15, 0.2) is 5.96 Å². The molecule has 1 saturated heterocycles. The third-order valence-electron chi connectivity index (χ3n) is 4.34. The zero-order valence-corrected chi connectivity index (χ0v) is 17.2. The molecule has 3 N–H and O–H groups in total. The van der Waals surface area contributed by atoms with Crippen LogP contribution in [0.3, 0.4) is 0 Å². The lowest BCUT2D eigenvalue weighted by Gasteiger charge is -2.20. The predicted molar refractivity (Wildman–Crippen MR) is 115 cm³/mol. The number of hydrogen-bond donors (Lipinski definition) is 2. The number of nitrogens with two attached hydrogens (primary N) is 1. The van der Waals surface area contributed by atoms with Gasteiger partial charge in [-0.3, -0.25) is 9.89 Å². The van der Waals surface area contributed by atoms with Crippen molar-refractivity contribution in [3.63, 3.8) is 0 Å². The Morgan fingerprint density at radius 2 is 2.20 bits per heavy atom. The van der Waals surface area contributed by atoms with Gasteiger partial charge in [-0.1, -0.05) is 25.0 Å². The van der Waals surface area contributed by atoms with Gasteiger partial charge in [0.2, 0.25) is 0 Å².